The molecule has 15 nitrogen and oxygen atoms in total. The van der Waals surface area contributed by atoms with Crippen LogP contribution in [-0.2, 0) is 88.1 Å². The Balaban J connectivity index is 0.000000225. The van der Waals surface area contributed by atoms with Gasteiger partial charge in [-0.3, -0.25) is 13.8 Å². The zero-order valence-electron chi connectivity index (χ0n) is 55.4. The third kappa shape index (κ3) is 20.3. The minimum atomic E-state index is -1.02. The molecule has 16 heteroatoms. The zero-order valence-corrected chi connectivity index (χ0v) is 56.2. The molecule has 0 saturated heterocycles. The van der Waals surface area contributed by atoms with Crippen LogP contribution < -0.4 is 30.6 Å². The first-order chi connectivity index (χ1) is 44.5. The third-order valence-electron chi connectivity index (χ3n) is 20.6. The van der Waals surface area contributed by atoms with Crippen molar-refractivity contribution in [1.82, 2.24) is 10.6 Å². The van der Waals surface area contributed by atoms with E-state index in [0.29, 0.717) is 36.3 Å². The van der Waals surface area contributed by atoms with E-state index in [1.54, 1.807) is 6.26 Å². The van der Waals surface area contributed by atoms with Crippen LogP contribution in [0.4, 0.5) is 9.59 Å². The first-order valence-corrected chi connectivity index (χ1v) is 35.8. The second-order valence-corrected chi connectivity index (χ2v) is 28.6. The van der Waals surface area contributed by atoms with Crippen LogP contribution >= 0.6 is 0 Å². The fraction of sp³-hybridized carbons (Fsp3) is 0.570. The largest absolute Gasteiger partial charge is 0.480 e. The van der Waals surface area contributed by atoms with Crippen molar-refractivity contribution in [1.29, 1.82) is 0 Å². The van der Waals surface area contributed by atoms with Gasteiger partial charge in [0.1, 0.15) is 30.5 Å². The van der Waals surface area contributed by atoms with Crippen molar-refractivity contribution in [3.63, 3.8) is 0 Å². The maximum absolute atomic E-state index is 12.9. The van der Waals surface area contributed by atoms with Crippen molar-refractivity contribution < 1.29 is 56.5 Å². The summed E-state index contributed by atoms with van der Waals surface area (Å²) >= 11 is 0. The number of fused-ring (bicyclic) bond motifs is 12. The molecule has 6 aliphatic carbocycles. The molecule has 3 fully saturated rings. The first-order valence-electron chi connectivity index (χ1n) is 34.1. The molecule has 6 bridgehead atoms. The predicted molar refractivity (Wildman–Crippen MR) is 380 cm³/mol. The van der Waals surface area contributed by atoms with E-state index in [1.807, 2.05) is 92.7 Å². The summed E-state index contributed by atoms with van der Waals surface area (Å²) in [6.45, 7) is 11.2. The minimum absolute atomic E-state index is 0. The van der Waals surface area contributed by atoms with Crippen molar-refractivity contribution in [2.75, 3.05) is 25.8 Å². The maximum Gasteiger partial charge on any atom is 0.407 e. The summed E-state index contributed by atoms with van der Waals surface area (Å²) in [6, 6.07) is 38.4. The fourth-order valence-corrected chi connectivity index (χ4v) is 15.9. The molecule has 3 saturated carbocycles. The molecule has 1 unspecified atom stereocenters. The average molecular weight is 1330 g/mol. The number of esters is 2. The molecule has 0 aromatic heterocycles. The van der Waals surface area contributed by atoms with Gasteiger partial charge in [-0.15, -0.1) is 0 Å². The van der Waals surface area contributed by atoms with Gasteiger partial charge in [0.25, 0.3) is 0 Å². The molecule has 0 heterocycles. The molecule has 10 atom stereocenters. The van der Waals surface area contributed by atoms with E-state index in [-0.39, 0.29) is 114 Å². The second-order valence-electron chi connectivity index (χ2n) is 27.2. The van der Waals surface area contributed by atoms with Gasteiger partial charge in [-0.1, -0.05) is 194 Å². The standard InChI is InChI=1S/C29H37NO5.C26H33NO4S.C21H31NO3.3CH4/c1-3-10-26(31)35-20-34-24-15-14-22-17-23-13-8-5-9-16-29(2,25(22)18-24)27(23)30-28(32)33-19-21-11-6-4-7-12-21;1-26-14-8-4-7-11-21(15-20-12-13-22(16-23(20)26)31-18-32(2)29)24(26)27-25(28)30-17-19-9-5-3-6-10-19;1-3-7-19(23)25-14-24-17-10-9-15-12-16-8-5-4-6-11-21(2,20(16)22)18(15)13-17;;;/h4,6-7,11-12,14-15,18,23,27H,3,5,8-10,13,16-17,19-20H2,1-2H3,(H,30,32);3,5-6,9-10,12-13,16,21,24H,4,7-8,11,14-15,17-18H2,1-2H3,(H,27,28);9-10,13,16,20H,3-8,11-12,14,22H2,1-2H3;3*1H4/t23-,27-,29+;21-,24-,26+,32?;16-,20-,21+;;;/m000.../s1. The van der Waals surface area contributed by atoms with Gasteiger partial charge in [-0.05, 0) is 169 Å². The molecule has 0 aliphatic heterocycles. The van der Waals surface area contributed by atoms with Gasteiger partial charge in [-0.25, -0.2) is 9.59 Å². The lowest BCUT2D eigenvalue weighted by Crippen LogP contribution is -2.57. The Morgan fingerprint density at radius 2 is 0.853 bits per heavy atom. The Morgan fingerprint density at radius 1 is 0.484 bits per heavy atom. The summed E-state index contributed by atoms with van der Waals surface area (Å²) in [7, 11) is -1.02. The van der Waals surface area contributed by atoms with Crippen LogP contribution in [0.15, 0.2) is 115 Å². The molecule has 6 aliphatic rings. The van der Waals surface area contributed by atoms with Gasteiger partial charge >= 0.3 is 24.1 Å². The van der Waals surface area contributed by atoms with Gasteiger partial charge in [0, 0.05) is 53.5 Å². The quantitative estimate of drug-likeness (QED) is 0.0401. The second kappa shape index (κ2) is 37.0. The number of amides is 2. The number of carbonyl (C=O) groups excluding carboxylic acids is 4. The molecule has 95 heavy (non-hydrogen) atoms. The lowest BCUT2D eigenvalue weighted by molar-refractivity contribution is -0.151. The highest BCUT2D eigenvalue weighted by molar-refractivity contribution is 7.84. The number of hydrogen-bond acceptors (Lipinski definition) is 13. The lowest BCUT2D eigenvalue weighted by Gasteiger charge is -2.49. The van der Waals surface area contributed by atoms with Crippen molar-refractivity contribution in [3.8, 4) is 17.2 Å². The molecular weight excluding hydrogens is 1210 g/mol. The highest BCUT2D eigenvalue weighted by atomic mass is 32.2. The summed E-state index contributed by atoms with van der Waals surface area (Å²) < 4.78 is 50.2. The molecule has 11 rings (SSSR count). The van der Waals surface area contributed by atoms with E-state index in [1.165, 1.54) is 84.7 Å². The maximum atomic E-state index is 12.9. The van der Waals surface area contributed by atoms with Crippen LogP contribution in [0.5, 0.6) is 17.2 Å². The monoisotopic (exact) mass is 1330 g/mol. The molecule has 5 aromatic rings. The van der Waals surface area contributed by atoms with E-state index >= 15 is 0 Å². The molecule has 5 aromatic carbocycles. The summed E-state index contributed by atoms with van der Waals surface area (Å²) in [4.78, 5) is 48.8. The Hall–Kier alpha value is -6.91. The molecule has 0 spiro atoms. The van der Waals surface area contributed by atoms with Gasteiger partial charge in [0.15, 0.2) is 5.94 Å². The van der Waals surface area contributed by atoms with Gasteiger partial charge < -0.3 is 49.5 Å². The van der Waals surface area contributed by atoms with Crippen LogP contribution in [-0.4, -0.2) is 72.2 Å². The number of nitrogens with two attached hydrogens (primary N) is 1. The Kier molecular flexibility index (Phi) is 30.0. The highest BCUT2D eigenvalue weighted by Crippen LogP contribution is 2.50. The number of benzene rings is 5. The van der Waals surface area contributed by atoms with Gasteiger partial charge in [0.2, 0.25) is 13.6 Å². The molecular formula is C79H113N3O12S. The topological polar surface area (TPSA) is 200 Å². The SMILES string of the molecule is C.C.C.CCCC(=O)OCOc1ccc2c(c1)[C@@]1(C)CCCCC[C@@H](C2)[C@@H]1N.CCCC(=O)OCOc1ccc2c(c1)[C@@]1(C)CCCCC[C@@H](C2)[C@@H]1NC(=O)OCc1ccccc1.CS(=O)COc1ccc2c(c1)[C@@]1(C)CCCCC[C@@H](C2)[C@@H]1NC(=O)OCc1ccccc1. The van der Waals surface area contributed by atoms with Crippen LogP contribution in [0.25, 0.3) is 0 Å². The lowest BCUT2D eigenvalue weighted by atomic mass is 9.59. The Bertz CT molecular complexity index is 3260. The van der Waals surface area contributed by atoms with E-state index in [2.05, 4.69) is 67.8 Å². The van der Waals surface area contributed by atoms with E-state index in [0.717, 1.165) is 99.7 Å². The average Bonchev–Trinajstić information content (AvgIpc) is 0.766. The molecule has 4 N–H and O–H groups in total. The summed E-state index contributed by atoms with van der Waals surface area (Å²) in [5.41, 5.74) is 16.1. The van der Waals surface area contributed by atoms with Crippen molar-refractivity contribution >= 4 is 34.9 Å². The number of alkyl carbamates (subject to hydrolysis) is 2. The molecule has 0 radical (unpaired) electrons. The van der Waals surface area contributed by atoms with Crippen molar-refractivity contribution in [2.45, 2.75) is 246 Å². The van der Waals surface area contributed by atoms with E-state index < -0.39 is 10.8 Å². The number of ether oxygens (including phenoxy) is 7. The van der Waals surface area contributed by atoms with Crippen LogP contribution in [0, 0.1) is 17.8 Å². The Labute approximate surface area is 571 Å². The fourth-order valence-electron chi connectivity index (χ4n) is 15.6. The highest BCUT2D eigenvalue weighted by Gasteiger charge is 2.49. The van der Waals surface area contributed by atoms with Crippen LogP contribution in [0.3, 0.4) is 0 Å². The number of nitrogens with one attached hydrogen (secondary N) is 2. The molecule has 522 valence electrons. The normalized spacial score (nSPS) is 24.7. The summed E-state index contributed by atoms with van der Waals surface area (Å²) in [6.07, 6.45) is 23.6. The van der Waals surface area contributed by atoms with E-state index in [4.69, 9.17) is 38.9 Å². The van der Waals surface area contributed by atoms with Crippen molar-refractivity contribution in [2.24, 2.45) is 23.5 Å². The molecule has 2 amide bonds. The van der Waals surface area contributed by atoms with Crippen molar-refractivity contribution in [3.05, 3.63) is 160 Å². The smallest absolute Gasteiger partial charge is 0.407 e. The predicted octanol–water partition coefficient (Wildman–Crippen LogP) is 17.1. The summed E-state index contributed by atoms with van der Waals surface area (Å²) in [5.74, 6) is 3.23. The number of carbonyl (C=O) groups is 4. The minimum Gasteiger partial charge on any atom is -0.480 e. The van der Waals surface area contributed by atoms with Crippen LogP contribution in [0.1, 0.15) is 223 Å². The van der Waals surface area contributed by atoms with E-state index in [9.17, 15) is 23.4 Å². The Morgan fingerprint density at radius 3 is 1.25 bits per heavy atom. The zero-order chi connectivity index (χ0) is 65.1. The van der Waals surface area contributed by atoms with Gasteiger partial charge in [-0.2, -0.15) is 0 Å². The number of rotatable bonds is 19. The first kappa shape index (κ1) is 77.1. The van der Waals surface area contributed by atoms with Crippen LogP contribution in [0.2, 0.25) is 0 Å². The summed E-state index contributed by atoms with van der Waals surface area (Å²) in [5, 5.41) is 6.52. The number of hydrogen-bond donors (Lipinski definition) is 3. The van der Waals surface area contributed by atoms with Gasteiger partial charge in [0.05, 0.1) is 10.8 Å². The third-order valence-corrected chi connectivity index (χ3v) is 21.0.